The van der Waals surface area contributed by atoms with Crippen LogP contribution in [0.1, 0.15) is 53.6 Å². The summed E-state index contributed by atoms with van der Waals surface area (Å²) in [6.07, 6.45) is 6.86. The van der Waals surface area contributed by atoms with E-state index in [1.807, 2.05) is 12.1 Å². The van der Waals surface area contributed by atoms with Crippen molar-refractivity contribution in [2.75, 3.05) is 25.1 Å². The van der Waals surface area contributed by atoms with Crippen molar-refractivity contribution in [3.63, 3.8) is 0 Å². The van der Waals surface area contributed by atoms with Crippen LogP contribution in [0.3, 0.4) is 0 Å². The molecule has 174 valence electrons. The Balaban J connectivity index is 1.15. The number of ketones is 1. The van der Waals surface area contributed by atoms with E-state index < -0.39 is 5.60 Å². The lowest BCUT2D eigenvalue weighted by molar-refractivity contribution is 0.0229. The fraction of sp³-hybridized carbons (Fsp3) is 0.393. The second kappa shape index (κ2) is 8.42. The number of benzene rings is 2. The van der Waals surface area contributed by atoms with Gasteiger partial charge in [-0.3, -0.25) is 4.79 Å². The molecule has 0 saturated carbocycles. The van der Waals surface area contributed by atoms with Crippen LogP contribution < -0.4 is 14.4 Å². The summed E-state index contributed by atoms with van der Waals surface area (Å²) in [6.45, 7) is 1.55. The van der Waals surface area contributed by atoms with E-state index in [9.17, 15) is 4.79 Å². The summed E-state index contributed by atoms with van der Waals surface area (Å²) in [5.74, 6) is 2.36. The first-order valence-corrected chi connectivity index (χ1v) is 12.2. The average Bonchev–Trinajstić information content (AvgIpc) is 2.88. The quantitative estimate of drug-likeness (QED) is 0.552. The number of nitrogens with zero attached hydrogens (tertiary/aromatic N) is 3. The molecule has 0 atom stereocenters. The molecule has 0 bridgehead atoms. The number of aromatic nitrogens is 2. The molecule has 1 aliphatic carbocycles. The van der Waals surface area contributed by atoms with E-state index in [1.165, 1.54) is 30.4 Å². The van der Waals surface area contributed by atoms with E-state index in [-0.39, 0.29) is 5.78 Å². The molecule has 0 N–H and O–H groups in total. The molecule has 1 aromatic heterocycles. The van der Waals surface area contributed by atoms with Gasteiger partial charge in [0, 0.05) is 37.6 Å². The molecule has 3 aromatic rings. The smallest absolute Gasteiger partial charge is 0.170 e. The van der Waals surface area contributed by atoms with Crippen molar-refractivity contribution in [1.82, 2.24) is 10.2 Å². The van der Waals surface area contributed by atoms with E-state index in [1.54, 1.807) is 13.2 Å². The zero-order chi connectivity index (χ0) is 23.1. The average molecular weight is 456 g/mol. The molecular weight excluding hydrogens is 426 g/mol. The Bertz CT molecular complexity index is 1230. The maximum atomic E-state index is 12.8. The predicted octanol–water partition coefficient (Wildman–Crippen LogP) is 5.04. The van der Waals surface area contributed by atoms with Crippen molar-refractivity contribution in [2.45, 2.75) is 50.5 Å². The maximum Gasteiger partial charge on any atom is 0.170 e. The van der Waals surface area contributed by atoms with Gasteiger partial charge >= 0.3 is 0 Å². The van der Waals surface area contributed by atoms with Gasteiger partial charge in [0.05, 0.1) is 24.8 Å². The van der Waals surface area contributed by atoms with E-state index in [0.29, 0.717) is 23.5 Å². The van der Waals surface area contributed by atoms with Crippen molar-refractivity contribution >= 4 is 11.6 Å². The number of anilines is 1. The number of fused-ring (bicyclic) bond motifs is 2. The standard InChI is InChI=1S/C28H29N3O3/c1-33-22-8-9-23-25(32)18-28(34-26(23)17-22)12-14-31(15-13-28)27-11-10-24(29-30-27)21-7-6-19-4-2-3-5-20(19)16-21/h6-11,16-17H,2-5,12-15,18H2,1H3. The summed E-state index contributed by atoms with van der Waals surface area (Å²) in [4.78, 5) is 15.1. The SMILES string of the molecule is COc1ccc2c(c1)OC1(CCN(c3ccc(-c4ccc5c(c4)CCCC5)nn3)CC1)CC2=O. The number of carbonyl (C=O) groups excluding carboxylic acids is 1. The van der Waals surface area contributed by atoms with Gasteiger partial charge in [-0.1, -0.05) is 12.1 Å². The molecule has 6 rings (SSSR count). The second-order valence-corrected chi connectivity index (χ2v) is 9.70. The molecule has 0 amide bonds. The summed E-state index contributed by atoms with van der Waals surface area (Å²) >= 11 is 0. The van der Waals surface area contributed by atoms with Crippen molar-refractivity contribution in [3.8, 4) is 22.8 Å². The highest BCUT2D eigenvalue weighted by molar-refractivity contribution is 6.00. The lowest BCUT2D eigenvalue weighted by Gasteiger charge is -2.44. The lowest BCUT2D eigenvalue weighted by atomic mass is 9.82. The van der Waals surface area contributed by atoms with Crippen LogP contribution in [0.4, 0.5) is 5.82 Å². The number of methoxy groups -OCH3 is 1. The van der Waals surface area contributed by atoms with Crippen LogP contribution in [-0.2, 0) is 12.8 Å². The number of hydrogen-bond acceptors (Lipinski definition) is 6. The molecule has 34 heavy (non-hydrogen) atoms. The third-order valence-corrected chi connectivity index (χ3v) is 7.59. The maximum absolute atomic E-state index is 12.8. The number of ether oxygens (including phenoxy) is 2. The molecule has 3 aliphatic rings. The zero-order valence-corrected chi connectivity index (χ0v) is 19.5. The van der Waals surface area contributed by atoms with E-state index >= 15 is 0 Å². The third-order valence-electron chi connectivity index (χ3n) is 7.59. The summed E-state index contributed by atoms with van der Waals surface area (Å²) in [5.41, 5.74) is 5.18. The molecule has 0 unspecified atom stereocenters. The summed E-state index contributed by atoms with van der Waals surface area (Å²) < 4.78 is 11.7. The van der Waals surface area contributed by atoms with Gasteiger partial charge in [0.1, 0.15) is 17.1 Å². The van der Waals surface area contributed by atoms with Gasteiger partial charge in [-0.25, -0.2) is 0 Å². The van der Waals surface area contributed by atoms with Crippen LogP contribution in [0.15, 0.2) is 48.5 Å². The molecule has 1 fully saturated rings. The first-order valence-electron chi connectivity index (χ1n) is 12.2. The van der Waals surface area contributed by atoms with Crippen LogP contribution in [-0.4, -0.2) is 41.8 Å². The fourth-order valence-electron chi connectivity index (χ4n) is 5.56. The Morgan fingerprint density at radius 1 is 0.941 bits per heavy atom. The topological polar surface area (TPSA) is 64.6 Å². The van der Waals surface area contributed by atoms with Gasteiger partial charge in [-0.15, -0.1) is 10.2 Å². The van der Waals surface area contributed by atoms with Gasteiger partial charge in [0.2, 0.25) is 0 Å². The number of rotatable bonds is 3. The van der Waals surface area contributed by atoms with E-state index in [4.69, 9.17) is 9.47 Å². The normalized spacial score (nSPS) is 18.7. The Morgan fingerprint density at radius 3 is 2.53 bits per heavy atom. The Hall–Kier alpha value is -3.41. The molecular formula is C28H29N3O3. The summed E-state index contributed by atoms with van der Waals surface area (Å²) in [7, 11) is 1.62. The molecule has 2 aliphatic heterocycles. The largest absolute Gasteiger partial charge is 0.497 e. The minimum Gasteiger partial charge on any atom is -0.497 e. The summed E-state index contributed by atoms with van der Waals surface area (Å²) in [6, 6.07) is 16.3. The molecule has 6 heteroatoms. The highest BCUT2D eigenvalue weighted by Crippen LogP contribution is 2.41. The van der Waals surface area contributed by atoms with E-state index in [0.717, 1.165) is 49.4 Å². The summed E-state index contributed by atoms with van der Waals surface area (Å²) in [5, 5.41) is 9.10. The minimum atomic E-state index is -0.455. The molecule has 3 heterocycles. The van der Waals surface area contributed by atoms with E-state index in [2.05, 4.69) is 45.4 Å². The monoisotopic (exact) mass is 455 g/mol. The van der Waals surface area contributed by atoms with Crippen LogP contribution in [0, 0.1) is 0 Å². The van der Waals surface area contributed by atoms with Crippen molar-refractivity contribution in [2.24, 2.45) is 0 Å². The third kappa shape index (κ3) is 3.81. The molecule has 2 aromatic carbocycles. The van der Waals surface area contributed by atoms with Gasteiger partial charge in [-0.05, 0) is 67.1 Å². The zero-order valence-electron chi connectivity index (χ0n) is 19.5. The molecule has 1 spiro atoms. The number of Topliss-reactive ketones (excluding diaryl/α,β-unsaturated/α-hetero) is 1. The number of aryl methyl sites for hydroxylation is 2. The Morgan fingerprint density at radius 2 is 1.76 bits per heavy atom. The molecule has 6 nitrogen and oxygen atoms in total. The fourth-order valence-corrected chi connectivity index (χ4v) is 5.56. The van der Waals surface area contributed by atoms with Crippen molar-refractivity contribution < 1.29 is 14.3 Å². The van der Waals surface area contributed by atoms with Crippen molar-refractivity contribution in [3.05, 3.63) is 65.2 Å². The van der Waals surface area contributed by atoms with Crippen molar-refractivity contribution in [1.29, 1.82) is 0 Å². The minimum absolute atomic E-state index is 0.145. The molecule has 0 radical (unpaired) electrons. The van der Waals surface area contributed by atoms with Gasteiger partial charge in [0.15, 0.2) is 11.6 Å². The van der Waals surface area contributed by atoms with Crippen LogP contribution in [0.25, 0.3) is 11.3 Å². The highest BCUT2D eigenvalue weighted by Gasteiger charge is 2.43. The van der Waals surface area contributed by atoms with Crippen LogP contribution in [0.2, 0.25) is 0 Å². The lowest BCUT2D eigenvalue weighted by Crippen LogP contribution is -2.51. The van der Waals surface area contributed by atoms with Gasteiger partial charge in [-0.2, -0.15) is 0 Å². The Labute approximate surface area is 199 Å². The Kier molecular flexibility index (Phi) is 5.24. The van der Waals surface area contributed by atoms with Crippen LogP contribution >= 0.6 is 0 Å². The number of hydrogen-bond donors (Lipinski definition) is 0. The molecule has 1 saturated heterocycles. The number of carbonyl (C=O) groups is 1. The predicted molar refractivity (Wildman–Crippen MR) is 131 cm³/mol. The second-order valence-electron chi connectivity index (χ2n) is 9.70. The highest BCUT2D eigenvalue weighted by atomic mass is 16.5. The first-order chi connectivity index (χ1) is 16.6. The van der Waals surface area contributed by atoms with Gasteiger partial charge in [0.25, 0.3) is 0 Å². The van der Waals surface area contributed by atoms with Gasteiger partial charge < -0.3 is 14.4 Å². The van der Waals surface area contributed by atoms with Crippen LogP contribution in [0.5, 0.6) is 11.5 Å². The number of piperidine rings is 1. The first kappa shape index (κ1) is 21.1.